The highest BCUT2D eigenvalue weighted by Gasteiger charge is 2.38. The lowest BCUT2D eigenvalue weighted by Crippen LogP contribution is -2.45. The molecule has 1 saturated heterocycles. The van der Waals surface area contributed by atoms with Crippen molar-refractivity contribution in [1.82, 2.24) is 4.90 Å². The highest BCUT2D eigenvalue weighted by Crippen LogP contribution is 2.27. The van der Waals surface area contributed by atoms with Crippen molar-refractivity contribution < 1.29 is 4.74 Å². The van der Waals surface area contributed by atoms with Gasteiger partial charge in [0.25, 0.3) is 0 Å². The molecule has 0 saturated carbocycles. The molecular formula is C10H20N2O. The summed E-state index contributed by atoms with van der Waals surface area (Å²) in [5.41, 5.74) is 6.09. The van der Waals surface area contributed by atoms with Crippen LogP contribution in [0.2, 0.25) is 0 Å². The maximum atomic E-state index is 5.98. The molecule has 1 fully saturated rings. The second kappa shape index (κ2) is 4.22. The van der Waals surface area contributed by atoms with Gasteiger partial charge in [0.2, 0.25) is 0 Å². The fourth-order valence-electron chi connectivity index (χ4n) is 1.79. The van der Waals surface area contributed by atoms with E-state index < -0.39 is 0 Å². The van der Waals surface area contributed by atoms with Crippen LogP contribution in [0.1, 0.15) is 6.92 Å². The van der Waals surface area contributed by atoms with Crippen molar-refractivity contribution in [2.75, 3.05) is 33.4 Å². The molecule has 3 heteroatoms. The molecule has 0 aromatic carbocycles. The van der Waals surface area contributed by atoms with Gasteiger partial charge in [-0.25, -0.2) is 0 Å². The van der Waals surface area contributed by atoms with Gasteiger partial charge in [0.05, 0.1) is 13.2 Å². The fraction of sp³-hybridized carbons (Fsp3) is 0.800. The predicted molar refractivity (Wildman–Crippen MR) is 54.6 cm³/mol. The van der Waals surface area contributed by atoms with Gasteiger partial charge in [-0.3, -0.25) is 0 Å². The Bertz CT molecular complexity index is 184. The van der Waals surface area contributed by atoms with E-state index >= 15 is 0 Å². The van der Waals surface area contributed by atoms with E-state index in [9.17, 15) is 0 Å². The molecule has 2 N–H and O–H groups in total. The van der Waals surface area contributed by atoms with Gasteiger partial charge in [0.1, 0.15) is 0 Å². The number of ether oxygens (including phenoxy) is 1. The molecule has 0 aliphatic carbocycles. The van der Waals surface area contributed by atoms with Crippen molar-refractivity contribution in [2.45, 2.75) is 13.0 Å². The summed E-state index contributed by atoms with van der Waals surface area (Å²) >= 11 is 0. The van der Waals surface area contributed by atoms with E-state index in [2.05, 4.69) is 25.5 Å². The summed E-state index contributed by atoms with van der Waals surface area (Å²) < 4.78 is 5.37. The lowest BCUT2D eigenvalue weighted by Gasteiger charge is -2.31. The quantitative estimate of drug-likeness (QED) is 0.645. The average Bonchev–Trinajstić information content (AvgIpc) is 2.32. The Morgan fingerprint density at radius 3 is 2.92 bits per heavy atom. The highest BCUT2D eigenvalue weighted by atomic mass is 16.5. The Morgan fingerprint density at radius 2 is 2.46 bits per heavy atom. The number of nitrogens with zero attached hydrogens (tertiary/aromatic N) is 1. The van der Waals surface area contributed by atoms with Crippen LogP contribution in [0.5, 0.6) is 0 Å². The zero-order valence-electron chi connectivity index (χ0n) is 8.62. The maximum Gasteiger partial charge on any atom is 0.0624 e. The summed E-state index contributed by atoms with van der Waals surface area (Å²) in [6.45, 7) is 9.24. The van der Waals surface area contributed by atoms with Crippen molar-refractivity contribution in [1.29, 1.82) is 0 Å². The van der Waals surface area contributed by atoms with Crippen molar-refractivity contribution in [3.8, 4) is 0 Å². The highest BCUT2D eigenvalue weighted by molar-refractivity contribution is 4.92. The van der Waals surface area contributed by atoms with Crippen LogP contribution < -0.4 is 5.73 Å². The van der Waals surface area contributed by atoms with E-state index in [1.165, 1.54) is 0 Å². The van der Waals surface area contributed by atoms with Crippen LogP contribution in [0.3, 0.4) is 0 Å². The van der Waals surface area contributed by atoms with Crippen molar-refractivity contribution >= 4 is 0 Å². The van der Waals surface area contributed by atoms with E-state index in [-0.39, 0.29) is 11.5 Å². The van der Waals surface area contributed by atoms with Crippen LogP contribution in [0, 0.1) is 5.41 Å². The predicted octanol–water partition coefficient (Wildman–Crippen LogP) is 0.468. The van der Waals surface area contributed by atoms with Gasteiger partial charge in [-0.2, -0.15) is 0 Å². The van der Waals surface area contributed by atoms with Gasteiger partial charge in [-0.05, 0) is 7.05 Å². The van der Waals surface area contributed by atoms with Gasteiger partial charge in [0.15, 0.2) is 0 Å². The minimum absolute atomic E-state index is 0.109. The third-order valence-electron chi connectivity index (χ3n) is 2.70. The Hall–Kier alpha value is -0.380. The smallest absolute Gasteiger partial charge is 0.0624 e. The first-order valence-electron chi connectivity index (χ1n) is 4.71. The summed E-state index contributed by atoms with van der Waals surface area (Å²) in [5.74, 6) is 0. The molecule has 0 amide bonds. The Kier molecular flexibility index (Phi) is 3.47. The minimum atomic E-state index is 0.109. The van der Waals surface area contributed by atoms with Crippen LogP contribution in [-0.4, -0.2) is 44.3 Å². The number of nitrogens with two attached hydrogens (primary N) is 1. The first kappa shape index (κ1) is 10.7. The van der Waals surface area contributed by atoms with Crippen LogP contribution >= 0.6 is 0 Å². The molecule has 1 rings (SSSR count). The molecule has 2 unspecified atom stereocenters. The van der Waals surface area contributed by atoms with E-state index in [4.69, 9.17) is 10.5 Å². The number of rotatable bonds is 4. The summed E-state index contributed by atoms with van der Waals surface area (Å²) in [6, 6.07) is 0.166. The first-order chi connectivity index (χ1) is 6.08. The molecule has 3 nitrogen and oxygen atoms in total. The molecule has 0 spiro atoms. The van der Waals surface area contributed by atoms with Gasteiger partial charge in [-0.15, -0.1) is 6.58 Å². The summed E-state index contributed by atoms with van der Waals surface area (Å²) in [4.78, 5) is 2.22. The molecule has 13 heavy (non-hydrogen) atoms. The third kappa shape index (κ3) is 2.53. The monoisotopic (exact) mass is 184 g/mol. The van der Waals surface area contributed by atoms with E-state index in [0.717, 1.165) is 19.7 Å². The van der Waals surface area contributed by atoms with Crippen LogP contribution in [0.25, 0.3) is 0 Å². The van der Waals surface area contributed by atoms with Crippen molar-refractivity contribution in [2.24, 2.45) is 11.1 Å². The van der Waals surface area contributed by atoms with E-state index in [0.29, 0.717) is 6.61 Å². The van der Waals surface area contributed by atoms with Crippen LogP contribution in [0.4, 0.5) is 0 Å². The second-order valence-electron chi connectivity index (χ2n) is 4.26. The van der Waals surface area contributed by atoms with Gasteiger partial charge in [-0.1, -0.05) is 13.0 Å². The standard InChI is InChI=1S/C10H20N2O/c1-4-5-12(3)7-10(2)8-13-6-9(10)11/h4,9H,1,5-8,11H2,2-3H3. The normalized spacial score (nSPS) is 34.0. The fourth-order valence-corrected chi connectivity index (χ4v) is 1.79. The minimum Gasteiger partial charge on any atom is -0.379 e. The zero-order valence-corrected chi connectivity index (χ0v) is 8.62. The molecule has 2 atom stereocenters. The van der Waals surface area contributed by atoms with Crippen LogP contribution in [0.15, 0.2) is 12.7 Å². The maximum absolute atomic E-state index is 5.98. The third-order valence-corrected chi connectivity index (χ3v) is 2.70. The number of hydrogen-bond donors (Lipinski definition) is 1. The SMILES string of the molecule is C=CCN(C)CC1(C)COCC1N. The lowest BCUT2D eigenvalue weighted by molar-refractivity contribution is 0.134. The molecule has 0 aromatic rings. The molecule has 76 valence electrons. The molecule has 1 aliphatic heterocycles. The van der Waals surface area contributed by atoms with Crippen molar-refractivity contribution in [3.05, 3.63) is 12.7 Å². The Labute approximate surface area is 80.5 Å². The van der Waals surface area contributed by atoms with E-state index in [1.54, 1.807) is 0 Å². The molecular weight excluding hydrogens is 164 g/mol. The number of hydrogen-bond acceptors (Lipinski definition) is 3. The largest absolute Gasteiger partial charge is 0.379 e. The first-order valence-corrected chi connectivity index (χ1v) is 4.71. The summed E-state index contributed by atoms with van der Waals surface area (Å²) in [7, 11) is 2.08. The zero-order chi connectivity index (χ0) is 9.90. The number of likely N-dealkylation sites (N-methyl/N-ethyl adjacent to an activating group) is 1. The molecule has 1 aliphatic rings. The van der Waals surface area contributed by atoms with Gasteiger partial charge >= 0.3 is 0 Å². The molecule has 0 radical (unpaired) electrons. The molecule has 1 heterocycles. The second-order valence-corrected chi connectivity index (χ2v) is 4.26. The summed E-state index contributed by atoms with van der Waals surface area (Å²) in [5, 5.41) is 0. The Balaban J connectivity index is 2.45. The molecule has 0 bridgehead atoms. The van der Waals surface area contributed by atoms with Crippen molar-refractivity contribution in [3.63, 3.8) is 0 Å². The topological polar surface area (TPSA) is 38.5 Å². The summed E-state index contributed by atoms with van der Waals surface area (Å²) in [6.07, 6.45) is 1.91. The Morgan fingerprint density at radius 1 is 1.77 bits per heavy atom. The van der Waals surface area contributed by atoms with E-state index in [1.807, 2.05) is 6.08 Å². The van der Waals surface area contributed by atoms with Crippen LogP contribution in [-0.2, 0) is 4.74 Å². The molecule has 0 aromatic heterocycles. The van der Waals surface area contributed by atoms with Gasteiger partial charge < -0.3 is 15.4 Å². The van der Waals surface area contributed by atoms with Gasteiger partial charge in [0, 0.05) is 24.5 Å². The lowest BCUT2D eigenvalue weighted by atomic mass is 9.85. The average molecular weight is 184 g/mol.